The van der Waals surface area contributed by atoms with Gasteiger partial charge in [0.05, 0.1) is 5.56 Å². The highest BCUT2D eigenvalue weighted by Crippen LogP contribution is 2.24. The molecular weight excluding hydrogens is 302 g/mol. The van der Waals surface area contributed by atoms with Crippen LogP contribution in [0.1, 0.15) is 11.1 Å². The van der Waals surface area contributed by atoms with Crippen LogP contribution in [0, 0.1) is 11.6 Å². The zero-order valence-corrected chi connectivity index (χ0v) is 11.4. The summed E-state index contributed by atoms with van der Waals surface area (Å²) >= 11 is 5.86. The fourth-order valence-electron chi connectivity index (χ4n) is 1.67. The highest BCUT2D eigenvalue weighted by atomic mass is 35.5. The van der Waals surface area contributed by atoms with Crippen LogP contribution in [0.5, 0.6) is 5.75 Å². The number of hydrogen-bond donors (Lipinski definition) is 2. The first-order valence-corrected chi connectivity index (χ1v) is 6.23. The van der Waals surface area contributed by atoms with Crippen molar-refractivity contribution in [1.29, 1.82) is 0 Å². The number of oxime groups is 1. The SMILES string of the molecule is N/C(=N/O)c1ccc(Cl)cc1OCc1ccc(F)c(F)c1. The Morgan fingerprint density at radius 3 is 2.62 bits per heavy atom. The lowest BCUT2D eigenvalue weighted by Gasteiger charge is -2.11. The van der Waals surface area contributed by atoms with Crippen LogP contribution in [0.3, 0.4) is 0 Å². The molecule has 4 nitrogen and oxygen atoms in total. The largest absolute Gasteiger partial charge is 0.488 e. The molecule has 7 heteroatoms. The topological polar surface area (TPSA) is 67.8 Å². The maximum absolute atomic E-state index is 13.1. The summed E-state index contributed by atoms with van der Waals surface area (Å²) in [5.41, 5.74) is 6.29. The van der Waals surface area contributed by atoms with Crippen molar-refractivity contribution in [2.24, 2.45) is 10.9 Å². The lowest BCUT2D eigenvalue weighted by atomic mass is 10.2. The van der Waals surface area contributed by atoms with Crippen molar-refractivity contribution in [3.05, 3.63) is 64.2 Å². The molecule has 0 bridgehead atoms. The molecule has 2 aromatic rings. The van der Waals surface area contributed by atoms with Crippen molar-refractivity contribution in [2.75, 3.05) is 0 Å². The minimum Gasteiger partial charge on any atom is -0.488 e. The Bertz CT molecular complexity index is 693. The Morgan fingerprint density at radius 2 is 1.95 bits per heavy atom. The number of benzene rings is 2. The van der Waals surface area contributed by atoms with E-state index in [4.69, 9.17) is 27.3 Å². The monoisotopic (exact) mass is 312 g/mol. The summed E-state index contributed by atoms with van der Waals surface area (Å²) in [6.07, 6.45) is 0. The van der Waals surface area contributed by atoms with E-state index in [2.05, 4.69) is 5.16 Å². The maximum atomic E-state index is 13.1. The van der Waals surface area contributed by atoms with E-state index >= 15 is 0 Å². The Hall–Kier alpha value is -2.34. The van der Waals surface area contributed by atoms with Gasteiger partial charge in [-0.3, -0.25) is 0 Å². The van der Waals surface area contributed by atoms with Gasteiger partial charge in [-0.1, -0.05) is 22.8 Å². The summed E-state index contributed by atoms with van der Waals surface area (Å²) in [7, 11) is 0. The van der Waals surface area contributed by atoms with E-state index in [9.17, 15) is 8.78 Å². The molecule has 2 rings (SSSR count). The average molecular weight is 313 g/mol. The Kier molecular flexibility index (Phi) is 4.59. The van der Waals surface area contributed by atoms with Gasteiger partial charge in [0.15, 0.2) is 17.5 Å². The van der Waals surface area contributed by atoms with Gasteiger partial charge < -0.3 is 15.7 Å². The lowest BCUT2D eigenvalue weighted by Crippen LogP contribution is -2.14. The molecule has 0 unspecified atom stereocenters. The number of nitrogens with zero attached hydrogens (tertiary/aromatic N) is 1. The van der Waals surface area contributed by atoms with E-state index in [1.54, 1.807) is 6.07 Å². The summed E-state index contributed by atoms with van der Waals surface area (Å²) in [5.74, 6) is -1.77. The van der Waals surface area contributed by atoms with E-state index in [0.29, 0.717) is 16.1 Å². The molecule has 0 aromatic heterocycles. The Balaban J connectivity index is 2.22. The van der Waals surface area contributed by atoms with Crippen molar-refractivity contribution in [3.8, 4) is 5.75 Å². The van der Waals surface area contributed by atoms with Gasteiger partial charge >= 0.3 is 0 Å². The number of rotatable bonds is 4. The molecule has 0 aliphatic carbocycles. The maximum Gasteiger partial charge on any atom is 0.173 e. The van der Waals surface area contributed by atoms with Gasteiger partial charge in [-0.15, -0.1) is 0 Å². The van der Waals surface area contributed by atoms with E-state index in [1.807, 2.05) is 0 Å². The number of hydrogen-bond acceptors (Lipinski definition) is 3. The third-order valence-electron chi connectivity index (χ3n) is 2.71. The number of amidine groups is 1. The van der Waals surface area contributed by atoms with Crippen LogP contribution in [0.2, 0.25) is 5.02 Å². The molecule has 0 amide bonds. The van der Waals surface area contributed by atoms with Gasteiger partial charge in [-0.2, -0.15) is 0 Å². The van der Waals surface area contributed by atoms with Crippen LogP contribution in [-0.2, 0) is 6.61 Å². The molecule has 0 atom stereocenters. The van der Waals surface area contributed by atoms with Crippen LogP contribution in [0.4, 0.5) is 8.78 Å². The standard InChI is InChI=1S/C14H11ClF2N2O2/c15-9-2-3-10(14(18)19-20)13(6-9)21-7-8-1-4-11(16)12(17)5-8/h1-6,20H,7H2,(H2,18,19). The van der Waals surface area contributed by atoms with Gasteiger partial charge in [0, 0.05) is 5.02 Å². The number of ether oxygens (including phenoxy) is 1. The fraction of sp³-hybridized carbons (Fsp3) is 0.0714. The van der Waals surface area contributed by atoms with E-state index < -0.39 is 11.6 Å². The van der Waals surface area contributed by atoms with E-state index in [-0.39, 0.29) is 18.2 Å². The number of halogens is 3. The van der Waals surface area contributed by atoms with Crippen molar-refractivity contribution in [3.63, 3.8) is 0 Å². The molecule has 2 aromatic carbocycles. The predicted octanol–water partition coefficient (Wildman–Crippen LogP) is 3.29. The van der Waals surface area contributed by atoms with Crippen molar-refractivity contribution in [2.45, 2.75) is 6.61 Å². The van der Waals surface area contributed by atoms with Crippen LogP contribution in [0.25, 0.3) is 0 Å². The van der Waals surface area contributed by atoms with Crippen LogP contribution in [0.15, 0.2) is 41.6 Å². The minimum atomic E-state index is -0.959. The molecule has 0 spiro atoms. The first-order valence-electron chi connectivity index (χ1n) is 5.85. The predicted molar refractivity (Wildman–Crippen MR) is 74.7 cm³/mol. The molecule has 0 aliphatic heterocycles. The molecule has 0 aliphatic rings. The van der Waals surface area contributed by atoms with Crippen LogP contribution in [-0.4, -0.2) is 11.0 Å². The van der Waals surface area contributed by atoms with Gasteiger partial charge in [-0.25, -0.2) is 8.78 Å². The lowest BCUT2D eigenvalue weighted by molar-refractivity contribution is 0.302. The summed E-state index contributed by atoms with van der Waals surface area (Å²) in [4.78, 5) is 0. The summed E-state index contributed by atoms with van der Waals surface area (Å²) < 4.78 is 31.4. The average Bonchev–Trinajstić information content (AvgIpc) is 2.48. The third kappa shape index (κ3) is 3.61. The Labute approximate surface area is 124 Å². The fourth-order valence-corrected chi connectivity index (χ4v) is 1.83. The second kappa shape index (κ2) is 6.41. The number of nitrogens with two attached hydrogens (primary N) is 1. The molecule has 0 radical (unpaired) electrons. The molecule has 0 saturated heterocycles. The molecule has 110 valence electrons. The summed E-state index contributed by atoms with van der Waals surface area (Å²) in [6, 6.07) is 8.00. The Morgan fingerprint density at radius 1 is 1.19 bits per heavy atom. The molecule has 0 heterocycles. The smallest absolute Gasteiger partial charge is 0.173 e. The highest BCUT2D eigenvalue weighted by molar-refractivity contribution is 6.30. The van der Waals surface area contributed by atoms with Gasteiger partial charge in [0.25, 0.3) is 0 Å². The summed E-state index contributed by atoms with van der Waals surface area (Å²) in [6.45, 7) is -0.0246. The molecule has 21 heavy (non-hydrogen) atoms. The minimum absolute atomic E-state index is 0.0246. The second-order valence-corrected chi connectivity index (χ2v) is 4.60. The summed E-state index contributed by atoms with van der Waals surface area (Å²) in [5, 5.41) is 12.0. The third-order valence-corrected chi connectivity index (χ3v) is 2.94. The molecule has 0 saturated carbocycles. The molecular formula is C14H11ClF2N2O2. The first kappa shape index (κ1) is 15.1. The van der Waals surface area contributed by atoms with Crippen molar-refractivity contribution >= 4 is 17.4 Å². The molecule has 0 fully saturated rings. The zero-order valence-electron chi connectivity index (χ0n) is 10.7. The second-order valence-electron chi connectivity index (χ2n) is 4.16. The first-order chi connectivity index (χ1) is 10.0. The van der Waals surface area contributed by atoms with Crippen molar-refractivity contribution < 1.29 is 18.7 Å². The quantitative estimate of drug-likeness (QED) is 0.394. The normalized spacial score (nSPS) is 11.5. The van der Waals surface area contributed by atoms with Crippen molar-refractivity contribution in [1.82, 2.24) is 0 Å². The van der Waals surface area contributed by atoms with E-state index in [1.165, 1.54) is 18.2 Å². The highest BCUT2D eigenvalue weighted by Gasteiger charge is 2.10. The van der Waals surface area contributed by atoms with E-state index in [0.717, 1.165) is 12.1 Å². The van der Waals surface area contributed by atoms with Crippen LogP contribution >= 0.6 is 11.6 Å². The molecule has 3 N–H and O–H groups in total. The van der Waals surface area contributed by atoms with Gasteiger partial charge in [0.1, 0.15) is 12.4 Å². The van der Waals surface area contributed by atoms with Gasteiger partial charge in [0.2, 0.25) is 0 Å². The van der Waals surface area contributed by atoms with Crippen LogP contribution < -0.4 is 10.5 Å². The van der Waals surface area contributed by atoms with Gasteiger partial charge in [-0.05, 0) is 35.9 Å². The zero-order chi connectivity index (χ0) is 15.4.